The van der Waals surface area contributed by atoms with Crippen molar-refractivity contribution in [1.82, 2.24) is 0 Å². The summed E-state index contributed by atoms with van der Waals surface area (Å²) in [6, 6.07) is 0. The second kappa shape index (κ2) is 8.89. The first kappa shape index (κ1) is 19.0. The van der Waals surface area contributed by atoms with Crippen LogP contribution in [0.3, 0.4) is 0 Å². The SMILES string of the molecule is O=C(O)C(O)C(O)C(=O)O.[KH].[Sb]. The van der Waals surface area contributed by atoms with Gasteiger partial charge in [-0.05, 0) is 0 Å². The second-order valence-electron chi connectivity index (χ2n) is 1.57. The minimum Gasteiger partial charge on any atom is 0 e. The van der Waals surface area contributed by atoms with Crippen molar-refractivity contribution in [2.24, 2.45) is 0 Å². The van der Waals surface area contributed by atoms with Gasteiger partial charge >= 0.3 is 63.3 Å². The number of carboxylic acid groups (broad SMARTS) is 2. The Morgan fingerprint density at radius 1 is 0.917 bits per heavy atom. The fraction of sp³-hybridized carbons (Fsp3) is 0.500. The molecule has 3 radical (unpaired) electrons. The fourth-order valence-corrected chi connectivity index (χ4v) is 0.270. The van der Waals surface area contributed by atoms with Gasteiger partial charge in [-0.2, -0.15) is 0 Å². The van der Waals surface area contributed by atoms with Crippen molar-refractivity contribution in [2.45, 2.75) is 12.2 Å². The van der Waals surface area contributed by atoms with Crippen LogP contribution in [0.4, 0.5) is 0 Å². The molecule has 0 aliphatic rings. The van der Waals surface area contributed by atoms with E-state index in [4.69, 9.17) is 20.4 Å². The van der Waals surface area contributed by atoms with Gasteiger partial charge in [-0.25, -0.2) is 9.59 Å². The van der Waals surface area contributed by atoms with Gasteiger partial charge in [-0.3, -0.25) is 0 Å². The van der Waals surface area contributed by atoms with Crippen LogP contribution in [-0.4, -0.2) is 120 Å². The summed E-state index contributed by atoms with van der Waals surface area (Å²) in [4.78, 5) is 19.5. The van der Waals surface area contributed by atoms with E-state index < -0.39 is 24.1 Å². The predicted molar refractivity (Wildman–Crippen MR) is 40.2 cm³/mol. The van der Waals surface area contributed by atoms with Gasteiger partial charge in [0.25, 0.3) is 0 Å². The summed E-state index contributed by atoms with van der Waals surface area (Å²) in [7, 11) is 0. The van der Waals surface area contributed by atoms with Gasteiger partial charge in [0, 0.05) is 24.4 Å². The van der Waals surface area contributed by atoms with Crippen LogP contribution in [0.5, 0.6) is 0 Å². The Morgan fingerprint density at radius 2 is 1.08 bits per heavy atom. The Labute approximate surface area is 128 Å². The molecule has 0 aliphatic carbocycles. The van der Waals surface area contributed by atoms with Crippen LogP contribution in [0.2, 0.25) is 0 Å². The average Bonchev–Trinajstić information content (AvgIpc) is 1.84. The van der Waals surface area contributed by atoms with Crippen molar-refractivity contribution in [3.63, 3.8) is 0 Å². The number of carbonyl (C=O) groups is 2. The molecule has 0 bridgehead atoms. The third-order valence-electron chi connectivity index (χ3n) is 0.805. The van der Waals surface area contributed by atoms with Crippen LogP contribution in [-0.2, 0) is 9.59 Å². The summed E-state index contributed by atoms with van der Waals surface area (Å²) in [5.74, 6) is -3.54. The average molecular weight is 312 g/mol. The van der Waals surface area contributed by atoms with Gasteiger partial charge in [0.1, 0.15) is 0 Å². The van der Waals surface area contributed by atoms with Gasteiger partial charge in [0.2, 0.25) is 0 Å². The topological polar surface area (TPSA) is 115 Å². The Morgan fingerprint density at radius 3 is 1.17 bits per heavy atom. The molecule has 0 saturated heterocycles. The van der Waals surface area contributed by atoms with E-state index in [1.807, 2.05) is 0 Å². The molecule has 4 N–H and O–H groups in total. The molecule has 12 heavy (non-hydrogen) atoms. The summed E-state index contributed by atoms with van der Waals surface area (Å²) in [5.41, 5.74) is 0. The van der Waals surface area contributed by atoms with E-state index in [2.05, 4.69) is 0 Å². The van der Waals surface area contributed by atoms with Crippen LogP contribution in [0, 0.1) is 0 Å². The molecule has 0 aromatic carbocycles. The van der Waals surface area contributed by atoms with Gasteiger partial charge in [-0.1, -0.05) is 0 Å². The molecule has 2 atom stereocenters. The minimum absolute atomic E-state index is 0. The Hall–Kier alpha value is 1.31. The molecule has 0 rings (SSSR count). The van der Waals surface area contributed by atoms with Crippen LogP contribution < -0.4 is 0 Å². The molecular weight excluding hydrogens is 305 g/mol. The normalized spacial score (nSPS) is 13.2. The van der Waals surface area contributed by atoms with Crippen LogP contribution >= 0.6 is 0 Å². The molecule has 0 saturated carbocycles. The first-order chi connectivity index (χ1) is 4.46. The maximum Gasteiger partial charge on any atom is 0 e. The third-order valence-corrected chi connectivity index (χ3v) is 0.805. The van der Waals surface area contributed by atoms with E-state index in [0.717, 1.165) is 0 Å². The van der Waals surface area contributed by atoms with Crippen molar-refractivity contribution >= 4 is 87.8 Å². The Kier molecular flexibility index (Phi) is 14.1. The van der Waals surface area contributed by atoms with Gasteiger partial charge in [0.05, 0.1) is 0 Å². The van der Waals surface area contributed by atoms with E-state index in [9.17, 15) is 9.59 Å². The van der Waals surface area contributed by atoms with Crippen LogP contribution in [0.25, 0.3) is 0 Å². The van der Waals surface area contributed by atoms with E-state index in [1.54, 1.807) is 0 Å². The predicted octanol–water partition coefficient (Wildman–Crippen LogP) is -3.15. The number of hydrogen-bond acceptors (Lipinski definition) is 4. The zero-order valence-corrected chi connectivity index (χ0v) is 7.76. The molecule has 8 heteroatoms. The van der Waals surface area contributed by atoms with E-state index in [-0.39, 0.29) is 75.8 Å². The molecule has 65 valence electrons. The smallest absolute Gasteiger partial charge is 0 e. The minimum atomic E-state index is -2.27. The molecule has 6 nitrogen and oxygen atoms in total. The number of hydrogen-bond donors (Lipinski definition) is 4. The summed E-state index contributed by atoms with van der Waals surface area (Å²) >= 11 is 0. The number of carboxylic acids is 2. The molecule has 0 heterocycles. The molecule has 0 amide bonds. The number of aliphatic hydroxyl groups is 2. The third kappa shape index (κ3) is 6.79. The molecule has 2 unspecified atom stereocenters. The first-order valence-electron chi connectivity index (χ1n) is 2.28. The van der Waals surface area contributed by atoms with Crippen molar-refractivity contribution < 1.29 is 30.0 Å². The monoisotopic (exact) mass is 311 g/mol. The maximum atomic E-state index is 9.77. The molecule has 0 aromatic rings. The van der Waals surface area contributed by atoms with E-state index in [0.29, 0.717) is 0 Å². The van der Waals surface area contributed by atoms with E-state index >= 15 is 0 Å². The Bertz CT molecular complexity index is 144. The van der Waals surface area contributed by atoms with Crippen LogP contribution in [0.15, 0.2) is 0 Å². The van der Waals surface area contributed by atoms with Crippen LogP contribution in [0.1, 0.15) is 0 Å². The number of rotatable bonds is 3. The summed E-state index contributed by atoms with van der Waals surface area (Å²) in [6.07, 6.45) is -4.53. The van der Waals surface area contributed by atoms with Gasteiger partial charge < -0.3 is 20.4 Å². The molecule has 0 fully saturated rings. The standard InChI is InChI=1S/C4H6O6.K.Sb.H/c5-1(3(7)8)2(6)4(9)10;;;/h1-2,5-6H,(H,7,8)(H,9,10);;;. The second-order valence-corrected chi connectivity index (χ2v) is 1.57. The quantitative estimate of drug-likeness (QED) is 0.409. The van der Waals surface area contributed by atoms with Crippen molar-refractivity contribution in [3.8, 4) is 0 Å². The molecule has 0 spiro atoms. The number of aliphatic carboxylic acids is 2. The summed E-state index contributed by atoms with van der Waals surface area (Å²) in [6.45, 7) is 0. The van der Waals surface area contributed by atoms with Crippen molar-refractivity contribution in [1.29, 1.82) is 0 Å². The van der Waals surface area contributed by atoms with Crippen molar-refractivity contribution in [2.75, 3.05) is 0 Å². The zero-order valence-electron chi connectivity index (χ0n) is 5.21. The first-order valence-corrected chi connectivity index (χ1v) is 2.28. The van der Waals surface area contributed by atoms with Gasteiger partial charge in [-0.15, -0.1) is 0 Å². The Balaban J connectivity index is -0.000000405. The fourth-order valence-electron chi connectivity index (χ4n) is 0.270. The van der Waals surface area contributed by atoms with E-state index in [1.165, 1.54) is 0 Å². The number of aliphatic hydroxyl groups excluding tert-OH is 2. The summed E-state index contributed by atoms with van der Waals surface area (Å²) in [5, 5.41) is 32.5. The maximum absolute atomic E-state index is 9.77. The molecule has 0 aliphatic heterocycles. The van der Waals surface area contributed by atoms with Gasteiger partial charge in [0.15, 0.2) is 12.2 Å². The molecule has 0 aromatic heterocycles. The zero-order chi connectivity index (χ0) is 8.31. The summed E-state index contributed by atoms with van der Waals surface area (Å²) < 4.78 is 0. The van der Waals surface area contributed by atoms with Crippen molar-refractivity contribution in [3.05, 3.63) is 0 Å². The largest absolute Gasteiger partial charge is 0 e. The molecular formula is C4H7KO6Sb.